The molecule has 1 aliphatic heterocycles. The summed E-state index contributed by atoms with van der Waals surface area (Å²) >= 11 is 0. The van der Waals surface area contributed by atoms with Crippen LogP contribution in [0.5, 0.6) is 0 Å². The van der Waals surface area contributed by atoms with Gasteiger partial charge in [-0.15, -0.1) is 0 Å². The number of hydrogen-bond acceptors (Lipinski definition) is 3. The summed E-state index contributed by atoms with van der Waals surface area (Å²) < 4.78 is 5.16. The third kappa shape index (κ3) is 2.15. The maximum atomic E-state index is 10.9. The minimum Gasteiger partial charge on any atom is -0.831 e. The summed E-state index contributed by atoms with van der Waals surface area (Å²) in [6, 6.07) is 0.417. The van der Waals surface area contributed by atoms with Crippen LogP contribution in [0.3, 0.4) is 0 Å². The molecule has 0 aromatic heterocycles. The Balaban J connectivity index is 2.44. The van der Waals surface area contributed by atoms with Crippen molar-refractivity contribution in [3.63, 3.8) is 0 Å². The molecular weight excluding hydrogens is 142 g/mol. The monoisotopic (exact) mass is 158 g/mol. The van der Waals surface area contributed by atoms with Gasteiger partial charge in [-0.1, -0.05) is 0 Å². The minimum absolute atomic E-state index is 0.0845. The maximum absolute atomic E-state index is 10.9. The zero-order chi connectivity index (χ0) is 8.43. The van der Waals surface area contributed by atoms with Gasteiger partial charge in [0.1, 0.15) is 0 Å². The average Bonchev–Trinajstić information content (AvgIpc) is 1.85. The van der Waals surface area contributed by atoms with E-state index in [4.69, 9.17) is 4.74 Å². The lowest BCUT2D eigenvalue weighted by Gasteiger charge is -2.40. The van der Waals surface area contributed by atoms with Crippen molar-refractivity contribution in [1.82, 2.24) is 4.90 Å². The van der Waals surface area contributed by atoms with Gasteiger partial charge in [-0.3, -0.25) is 0 Å². The molecule has 0 aliphatic carbocycles. The molecule has 0 aromatic carbocycles. The van der Waals surface area contributed by atoms with Crippen LogP contribution in [0, 0.1) is 0 Å². The SMILES string of the molecule is CC1O[C@@H]([O-])CC[C@@H]1N(C)C. The molecule has 0 radical (unpaired) electrons. The van der Waals surface area contributed by atoms with Crippen molar-refractivity contribution in [2.75, 3.05) is 14.1 Å². The van der Waals surface area contributed by atoms with E-state index in [1.165, 1.54) is 0 Å². The molecule has 3 nitrogen and oxygen atoms in total. The van der Waals surface area contributed by atoms with E-state index < -0.39 is 6.29 Å². The molecule has 1 rings (SSSR count). The second-order valence-electron chi connectivity index (χ2n) is 3.38. The van der Waals surface area contributed by atoms with Gasteiger partial charge in [0.15, 0.2) is 0 Å². The molecule has 0 amide bonds. The van der Waals surface area contributed by atoms with E-state index in [1.807, 2.05) is 21.0 Å². The molecule has 0 N–H and O–H groups in total. The summed E-state index contributed by atoms with van der Waals surface area (Å²) in [5.74, 6) is 0. The summed E-state index contributed by atoms with van der Waals surface area (Å²) in [5, 5.41) is 10.9. The zero-order valence-corrected chi connectivity index (χ0v) is 7.41. The molecule has 1 fully saturated rings. The number of ether oxygens (including phenoxy) is 1. The summed E-state index contributed by atoms with van der Waals surface area (Å²) in [4.78, 5) is 2.12. The lowest BCUT2D eigenvalue weighted by molar-refractivity contribution is -0.505. The van der Waals surface area contributed by atoms with E-state index in [1.54, 1.807) is 0 Å². The summed E-state index contributed by atoms with van der Waals surface area (Å²) in [5.41, 5.74) is 0. The van der Waals surface area contributed by atoms with Crippen LogP contribution in [0.25, 0.3) is 0 Å². The first kappa shape index (κ1) is 8.97. The van der Waals surface area contributed by atoms with Crippen LogP contribution < -0.4 is 5.11 Å². The third-order valence-corrected chi connectivity index (χ3v) is 2.27. The maximum Gasteiger partial charge on any atom is 0.0687 e. The van der Waals surface area contributed by atoms with Gasteiger partial charge in [-0.25, -0.2) is 0 Å². The highest BCUT2D eigenvalue weighted by Crippen LogP contribution is 2.19. The van der Waals surface area contributed by atoms with E-state index in [-0.39, 0.29) is 6.10 Å². The van der Waals surface area contributed by atoms with Crippen molar-refractivity contribution in [2.45, 2.75) is 38.2 Å². The van der Waals surface area contributed by atoms with Gasteiger partial charge >= 0.3 is 0 Å². The van der Waals surface area contributed by atoms with E-state index >= 15 is 0 Å². The minimum atomic E-state index is -0.791. The molecule has 0 spiro atoms. The molecule has 3 heteroatoms. The second-order valence-corrected chi connectivity index (χ2v) is 3.38. The summed E-state index contributed by atoms with van der Waals surface area (Å²) in [7, 11) is 4.05. The van der Waals surface area contributed by atoms with Gasteiger partial charge in [0, 0.05) is 6.04 Å². The number of nitrogens with zero attached hydrogens (tertiary/aromatic N) is 1. The van der Waals surface area contributed by atoms with Crippen molar-refractivity contribution < 1.29 is 9.84 Å². The van der Waals surface area contributed by atoms with Crippen molar-refractivity contribution in [3.05, 3.63) is 0 Å². The molecule has 11 heavy (non-hydrogen) atoms. The molecule has 3 atom stereocenters. The highest BCUT2D eigenvalue weighted by atomic mass is 16.6. The van der Waals surface area contributed by atoms with Crippen molar-refractivity contribution >= 4 is 0 Å². The van der Waals surface area contributed by atoms with E-state index in [9.17, 15) is 5.11 Å². The Hall–Kier alpha value is -0.120. The van der Waals surface area contributed by atoms with Gasteiger partial charge < -0.3 is 14.7 Å². The first-order valence-electron chi connectivity index (χ1n) is 4.09. The Bertz CT molecular complexity index is 127. The Morgan fingerprint density at radius 1 is 1.36 bits per heavy atom. The molecule has 1 aliphatic rings. The van der Waals surface area contributed by atoms with Gasteiger partial charge in [-0.2, -0.15) is 0 Å². The Labute approximate surface area is 68.0 Å². The lowest BCUT2D eigenvalue weighted by Crippen LogP contribution is -2.48. The molecule has 0 aromatic rings. The van der Waals surface area contributed by atoms with Crippen LogP contribution in [0.2, 0.25) is 0 Å². The van der Waals surface area contributed by atoms with Crippen LogP contribution in [0.4, 0.5) is 0 Å². The molecule has 66 valence electrons. The molecule has 0 bridgehead atoms. The van der Waals surface area contributed by atoms with Crippen LogP contribution in [-0.2, 0) is 4.74 Å². The molecule has 1 heterocycles. The second kappa shape index (κ2) is 3.52. The van der Waals surface area contributed by atoms with Crippen LogP contribution >= 0.6 is 0 Å². The van der Waals surface area contributed by atoms with Gasteiger partial charge in [-0.05, 0) is 40.2 Å². The molecule has 0 saturated carbocycles. The number of likely N-dealkylation sites (N-methyl/N-ethyl adjacent to an activating group) is 1. The van der Waals surface area contributed by atoms with E-state index in [2.05, 4.69) is 4.90 Å². The first-order chi connectivity index (χ1) is 5.11. The normalized spacial score (nSPS) is 39.5. The van der Waals surface area contributed by atoms with Crippen LogP contribution in [-0.4, -0.2) is 37.4 Å². The standard InChI is InChI=1S/C8H16NO2/c1-6-7(9(2)3)4-5-8(10)11-6/h6-8H,4-5H2,1-3H3/q-1/t6?,7-,8+/m0/s1. The van der Waals surface area contributed by atoms with Crippen LogP contribution in [0.15, 0.2) is 0 Å². The predicted octanol–water partition coefficient (Wildman–Crippen LogP) is -0.198. The third-order valence-electron chi connectivity index (χ3n) is 2.27. The van der Waals surface area contributed by atoms with E-state index in [0.29, 0.717) is 12.5 Å². The van der Waals surface area contributed by atoms with Crippen LogP contribution in [0.1, 0.15) is 19.8 Å². The smallest absolute Gasteiger partial charge is 0.0687 e. The largest absolute Gasteiger partial charge is 0.831 e. The lowest BCUT2D eigenvalue weighted by atomic mass is 10.0. The Morgan fingerprint density at radius 3 is 2.45 bits per heavy atom. The highest BCUT2D eigenvalue weighted by Gasteiger charge is 2.24. The quantitative estimate of drug-likeness (QED) is 0.530. The van der Waals surface area contributed by atoms with Crippen molar-refractivity contribution in [2.24, 2.45) is 0 Å². The average molecular weight is 158 g/mol. The summed E-state index contributed by atoms with van der Waals surface area (Å²) in [6.45, 7) is 1.97. The van der Waals surface area contributed by atoms with Gasteiger partial charge in [0.05, 0.1) is 6.10 Å². The topological polar surface area (TPSA) is 35.5 Å². The predicted molar refractivity (Wildman–Crippen MR) is 41.0 cm³/mol. The Kier molecular flexibility index (Phi) is 2.87. The number of rotatable bonds is 1. The fourth-order valence-corrected chi connectivity index (χ4v) is 1.62. The first-order valence-corrected chi connectivity index (χ1v) is 4.09. The molecule has 1 saturated heterocycles. The van der Waals surface area contributed by atoms with Crippen molar-refractivity contribution in [1.29, 1.82) is 0 Å². The zero-order valence-electron chi connectivity index (χ0n) is 7.41. The summed E-state index contributed by atoms with van der Waals surface area (Å²) in [6.07, 6.45) is 0.901. The highest BCUT2D eigenvalue weighted by molar-refractivity contribution is 4.77. The van der Waals surface area contributed by atoms with Gasteiger partial charge in [0.2, 0.25) is 0 Å². The van der Waals surface area contributed by atoms with Crippen molar-refractivity contribution in [3.8, 4) is 0 Å². The molecular formula is C8H16NO2-. The van der Waals surface area contributed by atoms with E-state index in [0.717, 1.165) is 6.42 Å². The fraction of sp³-hybridized carbons (Fsp3) is 1.00. The van der Waals surface area contributed by atoms with Gasteiger partial charge in [0.25, 0.3) is 0 Å². The molecule has 1 unspecified atom stereocenters. The number of hydrogen-bond donors (Lipinski definition) is 0. The fourth-order valence-electron chi connectivity index (χ4n) is 1.62. The Morgan fingerprint density at radius 2 is 2.00 bits per heavy atom.